The first-order valence-corrected chi connectivity index (χ1v) is 9.07. The maximum Gasteiger partial charge on any atom is 0.338 e. The molecule has 2 aromatic carbocycles. The van der Waals surface area contributed by atoms with Crippen molar-refractivity contribution in [2.45, 2.75) is 10.9 Å². The van der Waals surface area contributed by atoms with Crippen LogP contribution in [0.5, 0.6) is 0 Å². The Morgan fingerprint density at radius 2 is 2.17 bits per heavy atom. The lowest BCUT2D eigenvalue weighted by atomic mass is 10.1. The molecular weight excluding hydrogens is 344 g/mol. The van der Waals surface area contributed by atoms with Crippen molar-refractivity contribution in [3.63, 3.8) is 0 Å². The third-order valence-corrected chi connectivity index (χ3v) is 5.75. The number of amides is 1. The van der Waals surface area contributed by atoms with Gasteiger partial charge < -0.3 is 10.1 Å². The molecule has 1 amide bonds. The number of nitrogens with one attached hydrogen (secondary N) is 1. The van der Waals surface area contributed by atoms with Gasteiger partial charge in [0.2, 0.25) is 5.91 Å². The minimum absolute atomic E-state index is 0.107. The molecule has 0 radical (unpaired) electrons. The number of thiazole rings is 1. The monoisotopic (exact) mass is 356 g/mol. The molecule has 0 fully saturated rings. The molecule has 24 heavy (non-hydrogen) atoms. The van der Waals surface area contributed by atoms with Crippen molar-refractivity contribution < 1.29 is 14.3 Å². The number of anilines is 1. The molecule has 1 aromatic heterocycles. The molecule has 2 heterocycles. The molecule has 0 atom stereocenters. The number of carbonyl (C=O) groups is 2. The second-order valence-corrected chi connectivity index (χ2v) is 7.49. The van der Waals surface area contributed by atoms with Crippen molar-refractivity contribution in [2.24, 2.45) is 0 Å². The van der Waals surface area contributed by atoms with Crippen LogP contribution in [0.2, 0.25) is 0 Å². The molecule has 5 nitrogen and oxygen atoms in total. The molecule has 0 saturated carbocycles. The van der Waals surface area contributed by atoms with Crippen LogP contribution in [0.25, 0.3) is 10.2 Å². The topological polar surface area (TPSA) is 68.3 Å². The lowest BCUT2D eigenvalue weighted by Gasteiger charge is -2.05. The number of fused-ring (bicyclic) bond motifs is 2. The minimum atomic E-state index is -0.311. The molecule has 0 spiro atoms. The van der Waals surface area contributed by atoms with Gasteiger partial charge in [-0.2, -0.15) is 0 Å². The second-order valence-electron chi connectivity index (χ2n) is 5.23. The van der Waals surface area contributed by atoms with E-state index in [1.807, 2.05) is 24.3 Å². The van der Waals surface area contributed by atoms with Crippen molar-refractivity contribution in [3.8, 4) is 0 Å². The Bertz CT molecular complexity index is 919. The zero-order chi connectivity index (χ0) is 16.5. The average molecular weight is 356 g/mol. The van der Waals surface area contributed by atoms with E-state index in [-0.39, 0.29) is 24.2 Å². The Morgan fingerprint density at radius 3 is 3.04 bits per heavy atom. The standard InChI is InChI=1S/C17H12N2O3S2/c20-15(9-23-17-19-13-3-1-2-4-14(13)24-17)18-11-5-6-12-10(7-11)8-22-16(12)21/h1-7H,8-9H2,(H,18,20). The number of ether oxygens (including phenoxy) is 1. The number of thioether (sulfide) groups is 1. The number of hydrogen-bond donors (Lipinski definition) is 1. The SMILES string of the molecule is O=C(CSc1nc2ccccc2s1)Nc1ccc2c(c1)COC2=O. The summed E-state index contributed by atoms with van der Waals surface area (Å²) in [5, 5.41) is 2.84. The molecule has 7 heteroatoms. The van der Waals surface area contributed by atoms with Crippen molar-refractivity contribution >= 4 is 50.9 Å². The summed E-state index contributed by atoms with van der Waals surface area (Å²) in [5.74, 6) is -0.134. The largest absolute Gasteiger partial charge is 0.457 e. The number of benzene rings is 2. The lowest BCUT2D eigenvalue weighted by Crippen LogP contribution is -2.14. The first-order valence-electron chi connectivity index (χ1n) is 7.27. The number of cyclic esters (lactones) is 1. The van der Waals surface area contributed by atoms with Crippen LogP contribution in [-0.2, 0) is 16.1 Å². The van der Waals surface area contributed by atoms with Gasteiger partial charge in [0.05, 0.1) is 21.5 Å². The molecule has 0 saturated heterocycles. The number of hydrogen-bond acceptors (Lipinski definition) is 6. The van der Waals surface area contributed by atoms with E-state index in [0.717, 1.165) is 20.1 Å². The predicted molar refractivity (Wildman–Crippen MR) is 94.5 cm³/mol. The fourth-order valence-electron chi connectivity index (χ4n) is 2.45. The van der Waals surface area contributed by atoms with Crippen molar-refractivity contribution in [2.75, 3.05) is 11.1 Å². The van der Waals surface area contributed by atoms with E-state index in [2.05, 4.69) is 10.3 Å². The Hall–Kier alpha value is -2.38. The van der Waals surface area contributed by atoms with Gasteiger partial charge in [-0.05, 0) is 30.3 Å². The maximum absolute atomic E-state index is 12.1. The van der Waals surface area contributed by atoms with E-state index in [9.17, 15) is 9.59 Å². The maximum atomic E-state index is 12.1. The van der Waals surface area contributed by atoms with Crippen LogP contribution in [-0.4, -0.2) is 22.6 Å². The first kappa shape index (κ1) is 15.2. The van der Waals surface area contributed by atoms with Gasteiger partial charge in [0, 0.05) is 11.3 Å². The van der Waals surface area contributed by atoms with Crippen LogP contribution in [0.4, 0.5) is 5.69 Å². The van der Waals surface area contributed by atoms with Gasteiger partial charge in [-0.1, -0.05) is 23.9 Å². The van der Waals surface area contributed by atoms with Crippen LogP contribution in [0.1, 0.15) is 15.9 Å². The first-order chi connectivity index (χ1) is 11.7. The Morgan fingerprint density at radius 1 is 1.29 bits per heavy atom. The molecule has 1 aliphatic rings. The number of esters is 1. The highest BCUT2D eigenvalue weighted by Gasteiger charge is 2.21. The molecule has 4 rings (SSSR count). The quantitative estimate of drug-likeness (QED) is 0.570. The number of carbonyl (C=O) groups excluding carboxylic acids is 2. The van der Waals surface area contributed by atoms with E-state index in [1.165, 1.54) is 11.8 Å². The van der Waals surface area contributed by atoms with Crippen molar-refractivity contribution in [1.82, 2.24) is 4.98 Å². The van der Waals surface area contributed by atoms with Gasteiger partial charge in [-0.3, -0.25) is 4.79 Å². The zero-order valence-corrected chi connectivity index (χ0v) is 14.1. The Balaban J connectivity index is 1.39. The highest BCUT2D eigenvalue weighted by molar-refractivity contribution is 8.01. The number of aromatic nitrogens is 1. The van der Waals surface area contributed by atoms with Crippen LogP contribution in [0.3, 0.4) is 0 Å². The number of rotatable bonds is 4. The zero-order valence-electron chi connectivity index (χ0n) is 12.4. The van der Waals surface area contributed by atoms with Crippen LogP contribution >= 0.6 is 23.1 Å². The van der Waals surface area contributed by atoms with Gasteiger partial charge in [0.25, 0.3) is 0 Å². The molecule has 1 N–H and O–H groups in total. The number of para-hydroxylation sites is 1. The minimum Gasteiger partial charge on any atom is -0.457 e. The van der Waals surface area contributed by atoms with E-state index in [0.29, 0.717) is 11.3 Å². The molecular formula is C17H12N2O3S2. The molecule has 1 aliphatic heterocycles. The highest BCUT2D eigenvalue weighted by Crippen LogP contribution is 2.29. The molecule has 0 unspecified atom stereocenters. The van der Waals surface area contributed by atoms with E-state index in [1.54, 1.807) is 29.5 Å². The van der Waals surface area contributed by atoms with Crippen molar-refractivity contribution in [3.05, 3.63) is 53.6 Å². The average Bonchev–Trinajstić information content (AvgIpc) is 3.16. The summed E-state index contributed by atoms with van der Waals surface area (Å²) in [7, 11) is 0. The summed E-state index contributed by atoms with van der Waals surface area (Å²) in [4.78, 5) is 28.0. The Kier molecular flexibility index (Phi) is 3.95. The molecule has 0 aliphatic carbocycles. The van der Waals surface area contributed by atoms with Gasteiger partial charge in [0.15, 0.2) is 4.34 Å². The van der Waals surface area contributed by atoms with Gasteiger partial charge in [-0.25, -0.2) is 9.78 Å². The highest BCUT2D eigenvalue weighted by atomic mass is 32.2. The van der Waals surface area contributed by atoms with Crippen molar-refractivity contribution in [1.29, 1.82) is 0 Å². The fraction of sp³-hybridized carbons (Fsp3) is 0.118. The lowest BCUT2D eigenvalue weighted by molar-refractivity contribution is -0.113. The van der Waals surface area contributed by atoms with Gasteiger partial charge in [0.1, 0.15) is 6.61 Å². The van der Waals surface area contributed by atoms with Crippen LogP contribution < -0.4 is 5.32 Å². The summed E-state index contributed by atoms with van der Waals surface area (Å²) in [6.07, 6.45) is 0. The summed E-state index contributed by atoms with van der Waals surface area (Å²) < 4.78 is 6.94. The smallest absolute Gasteiger partial charge is 0.338 e. The normalized spacial score (nSPS) is 12.9. The van der Waals surface area contributed by atoms with E-state index < -0.39 is 0 Å². The molecule has 3 aromatic rings. The summed E-state index contributed by atoms with van der Waals surface area (Å²) in [6, 6.07) is 13.1. The third kappa shape index (κ3) is 3.00. The van der Waals surface area contributed by atoms with Gasteiger partial charge >= 0.3 is 5.97 Å². The summed E-state index contributed by atoms with van der Waals surface area (Å²) >= 11 is 3.00. The third-order valence-electron chi connectivity index (χ3n) is 3.57. The predicted octanol–water partition coefficient (Wildman–Crippen LogP) is 3.70. The van der Waals surface area contributed by atoms with Crippen LogP contribution in [0.15, 0.2) is 46.8 Å². The fourth-order valence-corrected chi connectivity index (χ4v) is 4.32. The van der Waals surface area contributed by atoms with E-state index in [4.69, 9.17) is 4.74 Å². The van der Waals surface area contributed by atoms with Gasteiger partial charge in [-0.15, -0.1) is 11.3 Å². The Labute approximate surface area is 146 Å². The molecule has 120 valence electrons. The molecule has 0 bridgehead atoms. The van der Waals surface area contributed by atoms with E-state index >= 15 is 0 Å². The summed E-state index contributed by atoms with van der Waals surface area (Å²) in [6.45, 7) is 0.262. The second kappa shape index (κ2) is 6.26. The van der Waals surface area contributed by atoms with Crippen LogP contribution in [0, 0.1) is 0 Å². The number of nitrogens with zero attached hydrogens (tertiary/aromatic N) is 1. The summed E-state index contributed by atoms with van der Waals surface area (Å²) in [5.41, 5.74) is 2.99.